The molecule has 0 unspecified atom stereocenters. The highest BCUT2D eigenvalue weighted by molar-refractivity contribution is 5.95. The van der Waals surface area contributed by atoms with E-state index < -0.39 is 0 Å². The number of anilines is 2. The van der Waals surface area contributed by atoms with E-state index in [4.69, 9.17) is 0 Å². The normalized spacial score (nSPS) is 10.8. The molecular formula is C20H17N3. The second-order valence-electron chi connectivity index (χ2n) is 5.66. The van der Waals surface area contributed by atoms with Crippen molar-refractivity contribution in [1.82, 2.24) is 9.97 Å². The lowest BCUT2D eigenvalue weighted by molar-refractivity contribution is 1.33. The largest absolute Gasteiger partial charge is 0.354 e. The number of nitrogens with one attached hydrogen (secondary N) is 2. The number of aromatic nitrogens is 2. The van der Waals surface area contributed by atoms with Crippen molar-refractivity contribution in [3.8, 4) is 11.3 Å². The Kier molecular flexibility index (Phi) is 3.31. The number of fused-ring (bicyclic) bond motifs is 1. The summed E-state index contributed by atoms with van der Waals surface area (Å²) in [6, 6.07) is 22.8. The fourth-order valence-corrected chi connectivity index (χ4v) is 2.70. The molecule has 0 aliphatic carbocycles. The summed E-state index contributed by atoms with van der Waals surface area (Å²) in [4.78, 5) is 7.97. The van der Waals surface area contributed by atoms with Gasteiger partial charge in [-0.1, -0.05) is 48.0 Å². The van der Waals surface area contributed by atoms with Crippen molar-refractivity contribution in [1.29, 1.82) is 0 Å². The first kappa shape index (κ1) is 13.6. The van der Waals surface area contributed by atoms with Gasteiger partial charge in [0.2, 0.25) is 0 Å². The number of rotatable bonds is 3. The van der Waals surface area contributed by atoms with Crippen LogP contribution in [-0.2, 0) is 0 Å². The molecule has 4 rings (SSSR count). The third kappa shape index (κ3) is 2.69. The topological polar surface area (TPSA) is 40.7 Å². The Balaban J connectivity index is 1.75. The van der Waals surface area contributed by atoms with E-state index in [1.54, 1.807) is 0 Å². The summed E-state index contributed by atoms with van der Waals surface area (Å²) in [5.74, 6) is 0.866. The third-order valence-electron chi connectivity index (χ3n) is 3.95. The van der Waals surface area contributed by atoms with Crippen LogP contribution in [0, 0.1) is 6.92 Å². The molecule has 2 aromatic carbocycles. The maximum absolute atomic E-state index is 4.50. The molecule has 2 N–H and O–H groups in total. The van der Waals surface area contributed by atoms with Crippen LogP contribution in [0.15, 0.2) is 72.9 Å². The van der Waals surface area contributed by atoms with Gasteiger partial charge < -0.3 is 10.3 Å². The smallest absolute Gasteiger partial charge is 0.139 e. The van der Waals surface area contributed by atoms with Crippen LogP contribution in [0.5, 0.6) is 0 Å². The standard InChI is InChI=1S/C20H17N3/c1-14-7-9-16(10-8-14)22-20-17-13-19(15-5-3-2-4-6-15)23-18(17)11-12-21-20/h2-13,23H,1H3,(H,21,22). The maximum atomic E-state index is 4.50. The summed E-state index contributed by atoms with van der Waals surface area (Å²) in [5.41, 5.74) is 5.63. The van der Waals surface area contributed by atoms with Gasteiger partial charge in [0.1, 0.15) is 5.82 Å². The molecule has 0 amide bonds. The summed E-state index contributed by atoms with van der Waals surface area (Å²) in [6.45, 7) is 2.08. The molecule has 3 heteroatoms. The first-order valence-corrected chi connectivity index (χ1v) is 7.66. The highest BCUT2D eigenvalue weighted by Gasteiger charge is 2.08. The second-order valence-corrected chi connectivity index (χ2v) is 5.66. The van der Waals surface area contributed by atoms with E-state index in [-0.39, 0.29) is 0 Å². The van der Waals surface area contributed by atoms with Crippen LogP contribution in [0.4, 0.5) is 11.5 Å². The Hall–Kier alpha value is -3.07. The van der Waals surface area contributed by atoms with Crippen molar-refractivity contribution in [2.24, 2.45) is 0 Å². The van der Waals surface area contributed by atoms with Crippen LogP contribution >= 0.6 is 0 Å². The first-order valence-electron chi connectivity index (χ1n) is 7.66. The number of hydrogen-bond donors (Lipinski definition) is 2. The molecule has 0 bridgehead atoms. The van der Waals surface area contributed by atoms with E-state index in [1.807, 2.05) is 30.5 Å². The van der Waals surface area contributed by atoms with Crippen LogP contribution in [0.25, 0.3) is 22.2 Å². The average molecular weight is 299 g/mol. The second kappa shape index (κ2) is 5.61. The minimum Gasteiger partial charge on any atom is -0.354 e. The van der Waals surface area contributed by atoms with Gasteiger partial charge in [-0.2, -0.15) is 0 Å². The lowest BCUT2D eigenvalue weighted by atomic mass is 10.1. The van der Waals surface area contributed by atoms with Gasteiger partial charge >= 0.3 is 0 Å². The Bertz CT molecular complexity index is 938. The quantitative estimate of drug-likeness (QED) is 0.540. The number of pyridine rings is 1. The SMILES string of the molecule is Cc1ccc(Nc2nccc3[nH]c(-c4ccccc4)cc23)cc1. The van der Waals surface area contributed by atoms with Crippen LogP contribution in [0.2, 0.25) is 0 Å². The minimum atomic E-state index is 0.866. The number of benzene rings is 2. The summed E-state index contributed by atoms with van der Waals surface area (Å²) in [6.07, 6.45) is 1.82. The summed E-state index contributed by atoms with van der Waals surface area (Å²) in [7, 11) is 0. The number of aromatic amines is 1. The first-order chi connectivity index (χ1) is 11.3. The van der Waals surface area contributed by atoms with Crippen LogP contribution in [0.3, 0.4) is 0 Å². The molecule has 0 aliphatic heterocycles. The van der Waals surface area contributed by atoms with Gasteiger partial charge in [0, 0.05) is 23.0 Å². The summed E-state index contributed by atoms with van der Waals surface area (Å²) in [5, 5.41) is 4.50. The highest BCUT2D eigenvalue weighted by Crippen LogP contribution is 2.29. The molecule has 0 atom stereocenters. The van der Waals surface area contributed by atoms with Gasteiger partial charge in [0.25, 0.3) is 0 Å². The molecule has 23 heavy (non-hydrogen) atoms. The fourth-order valence-electron chi connectivity index (χ4n) is 2.70. The molecule has 0 saturated heterocycles. The van der Waals surface area contributed by atoms with E-state index in [0.29, 0.717) is 0 Å². The van der Waals surface area contributed by atoms with Gasteiger partial charge in [-0.05, 0) is 36.8 Å². The molecule has 0 saturated carbocycles. The number of hydrogen-bond acceptors (Lipinski definition) is 2. The Morgan fingerprint density at radius 2 is 1.70 bits per heavy atom. The van der Waals surface area contributed by atoms with Crippen molar-refractivity contribution >= 4 is 22.4 Å². The zero-order valence-electron chi connectivity index (χ0n) is 12.9. The third-order valence-corrected chi connectivity index (χ3v) is 3.95. The average Bonchev–Trinajstić information content (AvgIpc) is 3.03. The Morgan fingerprint density at radius 3 is 2.48 bits per heavy atom. The van der Waals surface area contributed by atoms with Crippen LogP contribution in [-0.4, -0.2) is 9.97 Å². The molecule has 112 valence electrons. The van der Waals surface area contributed by atoms with E-state index in [2.05, 4.69) is 64.7 Å². The number of H-pyrrole nitrogens is 1. The molecular weight excluding hydrogens is 282 g/mol. The van der Waals surface area contributed by atoms with E-state index >= 15 is 0 Å². The van der Waals surface area contributed by atoms with Crippen molar-refractivity contribution in [2.45, 2.75) is 6.92 Å². The predicted octanol–water partition coefficient (Wildman–Crippen LogP) is 5.28. The van der Waals surface area contributed by atoms with Gasteiger partial charge in [0.05, 0.1) is 5.52 Å². The molecule has 0 aliphatic rings. The summed E-state index contributed by atoms with van der Waals surface area (Å²) < 4.78 is 0. The highest BCUT2D eigenvalue weighted by atomic mass is 15.0. The monoisotopic (exact) mass is 299 g/mol. The van der Waals surface area contributed by atoms with Crippen molar-refractivity contribution in [2.75, 3.05) is 5.32 Å². The molecule has 2 aromatic heterocycles. The lowest BCUT2D eigenvalue weighted by Crippen LogP contribution is -1.93. The van der Waals surface area contributed by atoms with Crippen LogP contribution < -0.4 is 5.32 Å². The predicted molar refractivity (Wildman–Crippen MR) is 96.0 cm³/mol. The van der Waals surface area contributed by atoms with Gasteiger partial charge in [0.15, 0.2) is 0 Å². The molecule has 0 spiro atoms. The molecule has 0 radical (unpaired) electrons. The zero-order valence-corrected chi connectivity index (χ0v) is 12.9. The lowest BCUT2D eigenvalue weighted by Gasteiger charge is -2.06. The number of nitrogens with zero attached hydrogens (tertiary/aromatic N) is 1. The van der Waals surface area contributed by atoms with Gasteiger partial charge in [-0.15, -0.1) is 0 Å². The van der Waals surface area contributed by atoms with Gasteiger partial charge in [-0.3, -0.25) is 0 Å². The van der Waals surface area contributed by atoms with Gasteiger partial charge in [-0.25, -0.2) is 4.98 Å². The minimum absolute atomic E-state index is 0.866. The molecule has 3 nitrogen and oxygen atoms in total. The summed E-state index contributed by atoms with van der Waals surface area (Å²) >= 11 is 0. The van der Waals surface area contributed by atoms with E-state index in [0.717, 1.165) is 28.1 Å². The van der Waals surface area contributed by atoms with Crippen molar-refractivity contribution < 1.29 is 0 Å². The van der Waals surface area contributed by atoms with E-state index in [1.165, 1.54) is 11.1 Å². The maximum Gasteiger partial charge on any atom is 0.139 e. The Morgan fingerprint density at radius 1 is 0.913 bits per heavy atom. The van der Waals surface area contributed by atoms with Crippen LogP contribution in [0.1, 0.15) is 5.56 Å². The zero-order chi connectivity index (χ0) is 15.6. The molecule has 0 fully saturated rings. The van der Waals surface area contributed by atoms with Crippen molar-refractivity contribution in [3.05, 3.63) is 78.5 Å². The molecule has 2 heterocycles. The Labute approximate surface area is 135 Å². The number of aryl methyl sites for hydroxylation is 1. The molecule has 4 aromatic rings. The van der Waals surface area contributed by atoms with Crippen molar-refractivity contribution in [3.63, 3.8) is 0 Å². The fraction of sp³-hybridized carbons (Fsp3) is 0.0500. The van der Waals surface area contributed by atoms with E-state index in [9.17, 15) is 0 Å².